The Balaban J connectivity index is 2.13. The summed E-state index contributed by atoms with van der Waals surface area (Å²) in [5.74, 6) is -1.05. The van der Waals surface area contributed by atoms with Gasteiger partial charge < -0.3 is 0 Å². The van der Waals surface area contributed by atoms with E-state index in [1.54, 1.807) is 16.8 Å². The van der Waals surface area contributed by atoms with Crippen LogP contribution in [-0.2, 0) is 13.1 Å². The molecule has 0 aliphatic carbocycles. The highest BCUT2D eigenvalue weighted by atomic mass is 79.9. The first kappa shape index (κ1) is 14.6. The van der Waals surface area contributed by atoms with Crippen molar-refractivity contribution < 1.29 is 8.78 Å². The summed E-state index contributed by atoms with van der Waals surface area (Å²) in [7, 11) is 1.83. The molecule has 0 amide bonds. The molecule has 0 saturated carbocycles. The highest BCUT2D eigenvalue weighted by molar-refractivity contribution is 9.10. The SMILES string of the molecule is Cc1ncsc1CN(C)Cc1c(F)ccc(Br)c1F. The lowest BCUT2D eigenvalue weighted by Gasteiger charge is -2.17. The first-order valence-electron chi connectivity index (χ1n) is 5.69. The number of rotatable bonds is 4. The minimum Gasteiger partial charge on any atom is -0.297 e. The third kappa shape index (κ3) is 3.38. The summed E-state index contributed by atoms with van der Waals surface area (Å²) in [4.78, 5) is 7.14. The lowest BCUT2D eigenvalue weighted by Crippen LogP contribution is -2.19. The number of hydrogen-bond acceptors (Lipinski definition) is 3. The van der Waals surface area contributed by atoms with E-state index >= 15 is 0 Å². The Morgan fingerprint density at radius 3 is 2.68 bits per heavy atom. The normalized spacial score (nSPS) is 11.3. The van der Waals surface area contributed by atoms with Crippen LogP contribution in [0, 0.1) is 18.6 Å². The van der Waals surface area contributed by atoms with Crippen LogP contribution in [0.3, 0.4) is 0 Å². The van der Waals surface area contributed by atoms with Gasteiger partial charge >= 0.3 is 0 Å². The van der Waals surface area contributed by atoms with Crippen LogP contribution < -0.4 is 0 Å². The average Bonchev–Trinajstić information content (AvgIpc) is 2.76. The van der Waals surface area contributed by atoms with E-state index in [0.29, 0.717) is 6.54 Å². The highest BCUT2D eigenvalue weighted by Crippen LogP contribution is 2.23. The molecule has 0 unspecified atom stereocenters. The molecule has 0 bridgehead atoms. The Morgan fingerprint density at radius 1 is 1.32 bits per heavy atom. The maximum Gasteiger partial charge on any atom is 0.144 e. The minimum absolute atomic E-state index is 0.0824. The van der Waals surface area contributed by atoms with Crippen LogP contribution in [-0.4, -0.2) is 16.9 Å². The number of benzene rings is 1. The fraction of sp³-hybridized carbons (Fsp3) is 0.308. The predicted molar refractivity (Wildman–Crippen MR) is 76.1 cm³/mol. The van der Waals surface area contributed by atoms with Gasteiger partial charge in [-0.3, -0.25) is 4.90 Å². The van der Waals surface area contributed by atoms with Gasteiger partial charge in [0, 0.05) is 23.5 Å². The number of hydrogen-bond donors (Lipinski definition) is 0. The van der Waals surface area contributed by atoms with Gasteiger partial charge in [0.05, 0.1) is 15.7 Å². The van der Waals surface area contributed by atoms with Gasteiger partial charge in [-0.25, -0.2) is 13.8 Å². The quantitative estimate of drug-likeness (QED) is 0.774. The van der Waals surface area contributed by atoms with Crippen LogP contribution in [0.4, 0.5) is 8.78 Å². The molecule has 2 rings (SSSR count). The highest BCUT2D eigenvalue weighted by Gasteiger charge is 2.15. The molecular weight excluding hydrogens is 334 g/mol. The molecule has 102 valence electrons. The molecule has 1 heterocycles. The van der Waals surface area contributed by atoms with Gasteiger partial charge in [0.2, 0.25) is 0 Å². The van der Waals surface area contributed by atoms with Gasteiger partial charge in [0.1, 0.15) is 11.6 Å². The van der Waals surface area contributed by atoms with Gasteiger partial charge in [0.15, 0.2) is 0 Å². The van der Waals surface area contributed by atoms with Gasteiger partial charge in [-0.05, 0) is 42.0 Å². The summed E-state index contributed by atoms with van der Waals surface area (Å²) in [5, 5.41) is 0. The molecule has 2 aromatic rings. The van der Waals surface area contributed by atoms with Gasteiger partial charge in [-0.1, -0.05) is 0 Å². The van der Waals surface area contributed by atoms with E-state index < -0.39 is 11.6 Å². The largest absolute Gasteiger partial charge is 0.297 e. The van der Waals surface area contributed by atoms with E-state index in [0.717, 1.165) is 10.6 Å². The van der Waals surface area contributed by atoms with Crippen molar-refractivity contribution >= 4 is 27.3 Å². The van der Waals surface area contributed by atoms with Crippen molar-refractivity contribution in [3.8, 4) is 0 Å². The van der Waals surface area contributed by atoms with Crippen LogP contribution >= 0.6 is 27.3 Å². The van der Waals surface area contributed by atoms with Crippen molar-refractivity contribution in [2.45, 2.75) is 20.0 Å². The second-order valence-corrected chi connectivity index (χ2v) is 6.15. The molecule has 6 heteroatoms. The fourth-order valence-electron chi connectivity index (χ4n) is 1.76. The summed E-state index contributed by atoms with van der Waals surface area (Å²) in [6.45, 7) is 2.77. The van der Waals surface area contributed by atoms with Crippen molar-refractivity contribution in [3.05, 3.63) is 49.9 Å². The predicted octanol–water partition coefficient (Wildman–Crippen LogP) is 4.12. The third-order valence-corrected chi connectivity index (χ3v) is 4.36. The van der Waals surface area contributed by atoms with E-state index in [2.05, 4.69) is 20.9 Å². The molecule has 19 heavy (non-hydrogen) atoms. The molecule has 2 nitrogen and oxygen atoms in total. The first-order chi connectivity index (χ1) is 8.99. The van der Waals surface area contributed by atoms with E-state index in [1.165, 1.54) is 12.1 Å². The van der Waals surface area contributed by atoms with Crippen LogP contribution in [0.5, 0.6) is 0 Å². The van der Waals surface area contributed by atoms with Crippen LogP contribution in [0.2, 0.25) is 0 Å². The second-order valence-electron chi connectivity index (χ2n) is 4.35. The molecule has 0 saturated heterocycles. The zero-order valence-electron chi connectivity index (χ0n) is 10.6. The number of nitrogens with zero attached hydrogens (tertiary/aromatic N) is 2. The summed E-state index contributed by atoms with van der Waals surface area (Å²) in [6.07, 6.45) is 0. The Hall–Kier alpha value is -0.850. The van der Waals surface area contributed by atoms with Gasteiger partial charge in [-0.15, -0.1) is 11.3 Å². The lowest BCUT2D eigenvalue weighted by molar-refractivity contribution is 0.308. The summed E-state index contributed by atoms with van der Waals surface area (Å²) in [5.41, 5.74) is 2.82. The molecule has 0 atom stereocenters. The standard InChI is InChI=1S/C13H13BrF2N2S/c1-8-12(19-7-17-8)6-18(2)5-9-11(15)4-3-10(14)13(9)16/h3-4,7H,5-6H2,1-2H3. The average molecular weight is 347 g/mol. The second kappa shape index (κ2) is 6.07. The zero-order chi connectivity index (χ0) is 14.0. The smallest absolute Gasteiger partial charge is 0.144 e. The number of aryl methyl sites for hydroxylation is 1. The molecular formula is C13H13BrF2N2S. The van der Waals surface area contributed by atoms with Crippen LogP contribution in [0.25, 0.3) is 0 Å². The van der Waals surface area contributed by atoms with E-state index in [9.17, 15) is 8.78 Å². The fourth-order valence-corrected chi connectivity index (χ4v) is 2.99. The molecule has 0 aliphatic rings. The van der Waals surface area contributed by atoms with Crippen molar-refractivity contribution in [1.29, 1.82) is 0 Å². The summed E-state index contributed by atoms with van der Waals surface area (Å²) in [6, 6.07) is 2.65. The molecule has 0 N–H and O–H groups in total. The topological polar surface area (TPSA) is 16.1 Å². The summed E-state index contributed by atoms with van der Waals surface area (Å²) < 4.78 is 27.8. The Labute approximate surface area is 123 Å². The molecule has 0 aliphatic heterocycles. The first-order valence-corrected chi connectivity index (χ1v) is 7.36. The maximum absolute atomic E-state index is 13.9. The molecule has 1 aromatic carbocycles. The third-order valence-electron chi connectivity index (χ3n) is 2.83. The number of thiazole rings is 1. The van der Waals surface area contributed by atoms with Gasteiger partial charge in [-0.2, -0.15) is 0 Å². The summed E-state index contributed by atoms with van der Waals surface area (Å²) >= 11 is 4.62. The molecule has 1 aromatic heterocycles. The molecule has 0 radical (unpaired) electrons. The Bertz CT molecular complexity index is 586. The van der Waals surface area contributed by atoms with Crippen LogP contribution in [0.1, 0.15) is 16.1 Å². The van der Waals surface area contributed by atoms with Crippen molar-refractivity contribution in [3.63, 3.8) is 0 Å². The molecule has 0 spiro atoms. The van der Waals surface area contributed by atoms with Crippen molar-refractivity contribution in [2.75, 3.05) is 7.05 Å². The van der Waals surface area contributed by atoms with E-state index in [-0.39, 0.29) is 16.6 Å². The number of aromatic nitrogens is 1. The zero-order valence-corrected chi connectivity index (χ0v) is 13.0. The van der Waals surface area contributed by atoms with E-state index in [1.807, 2.05) is 18.9 Å². The van der Waals surface area contributed by atoms with Crippen LogP contribution in [0.15, 0.2) is 22.1 Å². The van der Waals surface area contributed by atoms with Crippen molar-refractivity contribution in [2.24, 2.45) is 0 Å². The maximum atomic E-state index is 13.9. The monoisotopic (exact) mass is 346 g/mol. The van der Waals surface area contributed by atoms with E-state index in [4.69, 9.17) is 0 Å². The van der Waals surface area contributed by atoms with Gasteiger partial charge in [0.25, 0.3) is 0 Å². The van der Waals surface area contributed by atoms with Crippen molar-refractivity contribution in [1.82, 2.24) is 9.88 Å². The Morgan fingerprint density at radius 2 is 2.05 bits per heavy atom. The lowest BCUT2D eigenvalue weighted by atomic mass is 10.2. The number of halogens is 3. The minimum atomic E-state index is -0.534. The Kier molecular flexibility index (Phi) is 4.65. The molecule has 0 fully saturated rings.